The van der Waals surface area contributed by atoms with Crippen LogP contribution in [0.5, 0.6) is 0 Å². The van der Waals surface area contributed by atoms with Gasteiger partial charge >= 0.3 is 7.12 Å². The van der Waals surface area contributed by atoms with Crippen LogP contribution in [-0.2, 0) is 6.42 Å². The number of rotatable bonds is 6. The van der Waals surface area contributed by atoms with Gasteiger partial charge in [0.1, 0.15) is 0 Å². The van der Waals surface area contributed by atoms with Crippen LogP contribution < -0.4 is 5.46 Å². The van der Waals surface area contributed by atoms with Crippen molar-refractivity contribution in [2.24, 2.45) is 0 Å². The van der Waals surface area contributed by atoms with Gasteiger partial charge in [0.2, 0.25) is 0 Å². The second-order valence-electron chi connectivity index (χ2n) is 3.65. The Kier molecular flexibility index (Phi) is 5.15. The summed E-state index contributed by atoms with van der Waals surface area (Å²) in [6, 6.07) is 7.41. The van der Waals surface area contributed by atoms with Crippen LogP contribution in [0.3, 0.4) is 0 Å². The first-order valence-corrected chi connectivity index (χ1v) is 5.30. The lowest BCUT2D eigenvalue weighted by Crippen LogP contribution is -2.29. The summed E-state index contributed by atoms with van der Waals surface area (Å²) >= 11 is 0. The minimum Gasteiger partial charge on any atom is -0.423 e. The quantitative estimate of drug-likeness (QED) is 0.416. The Balaban J connectivity index is 2.39. The summed E-state index contributed by atoms with van der Waals surface area (Å²) in [4.78, 5) is 0. The molecular weight excluding hydrogens is 187 g/mol. The van der Waals surface area contributed by atoms with Crippen molar-refractivity contribution in [3.63, 3.8) is 0 Å². The maximum absolute atomic E-state index is 8.91. The molecule has 80 valence electrons. The van der Waals surface area contributed by atoms with E-state index in [-0.39, 0.29) is 0 Å². The molecule has 1 aromatic carbocycles. The lowest BCUT2D eigenvalue weighted by molar-refractivity contribution is 0.426. The van der Waals surface area contributed by atoms with Crippen LogP contribution in [0.15, 0.2) is 36.9 Å². The molecule has 0 aliphatic rings. The van der Waals surface area contributed by atoms with Crippen LogP contribution in [0.25, 0.3) is 0 Å². The van der Waals surface area contributed by atoms with Gasteiger partial charge in [0, 0.05) is 0 Å². The Morgan fingerprint density at radius 1 is 1.13 bits per heavy atom. The molecule has 3 heteroatoms. The summed E-state index contributed by atoms with van der Waals surface area (Å²) in [6.45, 7) is 3.68. The van der Waals surface area contributed by atoms with E-state index in [2.05, 4.69) is 6.58 Å². The number of benzene rings is 1. The lowest BCUT2D eigenvalue weighted by atomic mass is 9.80. The zero-order valence-corrected chi connectivity index (χ0v) is 8.89. The molecule has 1 rings (SSSR count). The first kappa shape index (κ1) is 12.0. The zero-order chi connectivity index (χ0) is 11.1. The van der Waals surface area contributed by atoms with Crippen molar-refractivity contribution in [3.8, 4) is 0 Å². The molecule has 0 atom stereocenters. The van der Waals surface area contributed by atoms with Gasteiger partial charge in [-0.15, -0.1) is 6.58 Å². The molecule has 2 nitrogen and oxygen atoms in total. The molecule has 0 amide bonds. The highest BCUT2D eigenvalue weighted by Gasteiger charge is 2.09. The smallest absolute Gasteiger partial charge is 0.423 e. The highest BCUT2D eigenvalue weighted by atomic mass is 16.4. The number of aryl methyl sites for hydroxylation is 1. The average Bonchev–Trinajstić information content (AvgIpc) is 2.25. The van der Waals surface area contributed by atoms with E-state index in [1.807, 2.05) is 18.2 Å². The van der Waals surface area contributed by atoms with Gasteiger partial charge in [0.25, 0.3) is 0 Å². The van der Waals surface area contributed by atoms with Gasteiger partial charge in [-0.3, -0.25) is 0 Å². The van der Waals surface area contributed by atoms with E-state index in [1.54, 1.807) is 12.1 Å². The van der Waals surface area contributed by atoms with Gasteiger partial charge in [-0.1, -0.05) is 30.3 Å². The van der Waals surface area contributed by atoms with Gasteiger partial charge in [-0.2, -0.15) is 0 Å². The minimum absolute atomic E-state index is 0.546. The number of hydrogen-bond acceptors (Lipinski definition) is 2. The Morgan fingerprint density at radius 2 is 1.80 bits per heavy atom. The predicted octanol–water partition coefficient (Wildman–Crippen LogP) is 1.27. The molecular formula is C12H17BO2. The highest BCUT2D eigenvalue weighted by Crippen LogP contribution is 2.05. The molecule has 0 radical (unpaired) electrons. The molecule has 1 aromatic rings. The van der Waals surface area contributed by atoms with Gasteiger partial charge < -0.3 is 10.0 Å². The Labute approximate surface area is 91.4 Å². The van der Waals surface area contributed by atoms with Crippen LogP contribution >= 0.6 is 0 Å². The molecule has 0 heterocycles. The largest absolute Gasteiger partial charge is 0.488 e. The van der Waals surface area contributed by atoms with Crippen molar-refractivity contribution in [2.75, 3.05) is 0 Å². The predicted molar refractivity (Wildman–Crippen MR) is 64.0 cm³/mol. The number of unbranched alkanes of at least 4 members (excludes halogenated alkanes) is 2. The Morgan fingerprint density at radius 3 is 2.33 bits per heavy atom. The van der Waals surface area contributed by atoms with E-state index in [0.717, 1.165) is 25.7 Å². The lowest BCUT2D eigenvalue weighted by Gasteiger charge is -2.02. The van der Waals surface area contributed by atoms with Crippen molar-refractivity contribution in [1.82, 2.24) is 0 Å². The normalized spacial score (nSPS) is 10.0. The fourth-order valence-corrected chi connectivity index (χ4v) is 1.47. The molecule has 0 unspecified atom stereocenters. The van der Waals surface area contributed by atoms with Crippen molar-refractivity contribution in [1.29, 1.82) is 0 Å². The van der Waals surface area contributed by atoms with Crippen molar-refractivity contribution in [3.05, 3.63) is 42.5 Å². The van der Waals surface area contributed by atoms with Gasteiger partial charge in [-0.05, 0) is 36.7 Å². The summed E-state index contributed by atoms with van der Waals surface area (Å²) in [7, 11) is -1.36. The molecule has 0 spiro atoms. The molecule has 2 N–H and O–H groups in total. The van der Waals surface area contributed by atoms with E-state index in [1.165, 1.54) is 5.56 Å². The third-order valence-corrected chi connectivity index (χ3v) is 2.40. The van der Waals surface area contributed by atoms with Crippen LogP contribution in [0.4, 0.5) is 0 Å². The molecule has 0 saturated heterocycles. The summed E-state index contributed by atoms with van der Waals surface area (Å²) in [5, 5.41) is 17.8. The van der Waals surface area contributed by atoms with E-state index in [4.69, 9.17) is 10.0 Å². The van der Waals surface area contributed by atoms with Gasteiger partial charge in [0.05, 0.1) is 0 Å². The van der Waals surface area contributed by atoms with E-state index in [9.17, 15) is 0 Å². The van der Waals surface area contributed by atoms with Gasteiger partial charge in [-0.25, -0.2) is 0 Å². The molecule has 15 heavy (non-hydrogen) atoms. The third-order valence-electron chi connectivity index (χ3n) is 2.40. The van der Waals surface area contributed by atoms with Gasteiger partial charge in [0.15, 0.2) is 0 Å². The second kappa shape index (κ2) is 6.43. The number of allylic oxidation sites excluding steroid dienone is 1. The summed E-state index contributed by atoms with van der Waals surface area (Å²) < 4.78 is 0. The first-order valence-electron chi connectivity index (χ1n) is 5.30. The molecule has 0 aromatic heterocycles. The summed E-state index contributed by atoms with van der Waals surface area (Å²) in [5.74, 6) is 0. The van der Waals surface area contributed by atoms with Crippen molar-refractivity contribution in [2.45, 2.75) is 25.7 Å². The molecule has 0 bridgehead atoms. The van der Waals surface area contributed by atoms with Crippen molar-refractivity contribution < 1.29 is 10.0 Å². The van der Waals surface area contributed by atoms with Crippen LogP contribution in [0, 0.1) is 0 Å². The monoisotopic (exact) mass is 204 g/mol. The standard InChI is InChI=1S/C12H17BO2/c1-2-3-4-5-6-11-7-9-12(10-8-11)13(14)15/h2,7-10,14-15H,1,3-6H2. The molecule has 0 fully saturated rings. The fraction of sp³-hybridized carbons (Fsp3) is 0.333. The average molecular weight is 204 g/mol. The topological polar surface area (TPSA) is 40.5 Å². The molecule has 0 saturated carbocycles. The summed E-state index contributed by atoms with van der Waals surface area (Å²) in [5.41, 5.74) is 1.79. The van der Waals surface area contributed by atoms with Crippen LogP contribution in [-0.4, -0.2) is 17.2 Å². The fourth-order valence-electron chi connectivity index (χ4n) is 1.47. The molecule has 0 aliphatic heterocycles. The zero-order valence-electron chi connectivity index (χ0n) is 8.89. The highest BCUT2D eigenvalue weighted by molar-refractivity contribution is 6.58. The molecule has 0 aliphatic carbocycles. The SMILES string of the molecule is C=CCCCCc1ccc(B(O)O)cc1. The second-order valence-corrected chi connectivity index (χ2v) is 3.65. The Hall–Kier alpha value is -1.06. The Bertz CT molecular complexity index is 293. The van der Waals surface area contributed by atoms with E-state index < -0.39 is 7.12 Å². The number of hydrogen-bond donors (Lipinski definition) is 2. The third kappa shape index (κ3) is 4.32. The van der Waals surface area contributed by atoms with Crippen molar-refractivity contribution >= 4 is 12.6 Å². The van der Waals surface area contributed by atoms with E-state index in [0.29, 0.717) is 5.46 Å². The maximum Gasteiger partial charge on any atom is 0.488 e. The maximum atomic E-state index is 8.91. The van der Waals surface area contributed by atoms with E-state index >= 15 is 0 Å². The van der Waals surface area contributed by atoms with Crippen LogP contribution in [0.2, 0.25) is 0 Å². The first-order chi connectivity index (χ1) is 7.24. The summed E-state index contributed by atoms with van der Waals surface area (Å²) in [6.07, 6.45) is 6.34. The minimum atomic E-state index is -1.36. The van der Waals surface area contributed by atoms with Crippen LogP contribution in [0.1, 0.15) is 24.8 Å².